The van der Waals surface area contributed by atoms with Crippen molar-refractivity contribution in [1.29, 1.82) is 0 Å². The van der Waals surface area contributed by atoms with Gasteiger partial charge in [0.25, 0.3) is 0 Å². The molecule has 1 aliphatic carbocycles. The van der Waals surface area contributed by atoms with Crippen molar-refractivity contribution in [3.63, 3.8) is 0 Å². The maximum atomic E-state index is 12.2. The normalized spacial score (nSPS) is 23.9. The van der Waals surface area contributed by atoms with Crippen molar-refractivity contribution in [3.8, 4) is 0 Å². The van der Waals surface area contributed by atoms with Crippen molar-refractivity contribution in [3.05, 3.63) is 35.9 Å². The van der Waals surface area contributed by atoms with Gasteiger partial charge in [0.05, 0.1) is 17.9 Å². The van der Waals surface area contributed by atoms with Gasteiger partial charge in [0.2, 0.25) is 5.91 Å². The third-order valence-electron chi connectivity index (χ3n) is 4.26. The van der Waals surface area contributed by atoms with Gasteiger partial charge in [-0.15, -0.1) is 0 Å². The summed E-state index contributed by atoms with van der Waals surface area (Å²) in [6.45, 7) is 0.756. The molecule has 0 aromatic heterocycles. The second-order valence-corrected chi connectivity index (χ2v) is 7.68. The Bertz CT molecular complexity index is 524. The van der Waals surface area contributed by atoms with Crippen molar-refractivity contribution in [2.45, 2.75) is 37.8 Å². The SMILES string of the molecule is O=C(C[S@](=O)C[C@H]1CCCO1)N[C@H](c1ccccc1)C1CC1. The molecular weight excluding hydrogens is 298 g/mol. The van der Waals surface area contributed by atoms with Crippen LogP contribution in [0.3, 0.4) is 0 Å². The van der Waals surface area contributed by atoms with Crippen LogP contribution in [0, 0.1) is 5.92 Å². The van der Waals surface area contributed by atoms with Gasteiger partial charge in [-0.1, -0.05) is 30.3 Å². The Labute approximate surface area is 134 Å². The van der Waals surface area contributed by atoms with E-state index < -0.39 is 10.8 Å². The maximum Gasteiger partial charge on any atom is 0.233 e. The quantitative estimate of drug-likeness (QED) is 0.837. The van der Waals surface area contributed by atoms with E-state index in [0.29, 0.717) is 11.7 Å². The van der Waals surface area contributed by atoms with E-state index in [2.05, 4.69) is 5.32 Å². The Hall–Kier alpha value is -1.20. The van der Waals surface area contributed by atoms with Crippen molar-refractivity contribution >= 4 is 16.7 Å². The van der Waals surface area contributed by atoms with Crippen LogP contribution in [-0.2, 0) is 20.3 Å². The lowest BCUT2D eigenvalue weighted by molar-refractivity contribution is -0.119. The van der Waals surface area contributed by atoms with Crippen molar-refractivity contribution < 1.29 is 13.7 Å². The van der Waals surface area contributed by atoms with Gasteiger partial charge in [0.1, 0.15) is 5.75 Å². The Morgan fingerprint density at radius 2 is 2.05 bits per heavy atom. The molecular formula is C17H23NO3S. The summed E-state index contributed by atoms with van der Waals surface area (Å²) in [6, 6.07) is 10.1. The Balaban J connectivity index is 1.52. The Morgan fingerprint density at radius 3 is 2.68 bits per heavy atom. The largest absolute Gasteiger partial charge is 0.377 e. The molecule has 120 valence electrons. The van der Waals surface area contributed by atoms with Crippen LogP contribution in [0.25, 0.3) is 0 Å². The van der Waals surface area contributed by atoms with E-state index in [9.17, 15) is 9.00 Å². The van der Waals surface area contributed by atoms with Gasteiger partial charge < -0.3 is 10.1 Å². The minimum absolute atomic E-state index is 0.0634. The number of hydrogen-bond donors (Lipinski definition) is 1. The molecule has 3 atom stereocenters. The van der Waals surface area contributed by atoms with E-state index in [1.165, 1.54) is 0 Å². The lowest BCUT2D eigenvalue weighted by Gasteiger charge is -2.19. The number of carbonyl (C=O) groups excluding carboxylic acids is 1. The molecule has 0 spiro atoms. The molecule has 0 bridgehead atoms. The molecule has 1 N–H and O–H groups in total. The highest BCUT2D eigenvalue weighted by molar-refractivity contribution is 7.85. The van der Waals surface area contributed by atoms with Crippen LogP contribution in [0.2, 0.25) is 0 Å². The van der Waals surface area contributed by atoms with E-state index >= 15 is 0 Å². The van der Waals surface area contributed by atoms with Crippen molar-refractivity contribution in [2.75, 3.05) is 18.1 Å². The van der Waals surface area contributed by atoms with E-state index in [-0.39, 0.29) is 23.8 Å². The minimum Gasteiger partial charge on any atom is -0.377 e. The summed E-state index contributed by atoms with van der Waals surface area (Å²) in [6.07, 6.45) is 4.37. The van der Waals surface area contributed by atoms with Crippen LogP contribution in [0.1, 0.15) is 37.3 Å². The number of nitrogens with one attached hydrogen (secondary N) is 1. The second kappa shape index (κ2) is 7.38. The number of benzene rings is 1. The highest BCUT2D eigenvalue weighted by Crippen LogP contribution is 2.40. The molecule has 4 nitrogen and oxygen atoms in total. The number of carbonyl (C=O) groups is 1. The first-order valence-corrected chi connectivity index (χ1v) is 9.52. The smallest absolute Gasteiger partial charge is 0.233 e. The summed E-state index contributed by atoms with van der Waals surface area (Å²) < 4.78 is 17.6. The fourth-order valence-electron chi connectivity index (χ4n) is 2.97. The molecule has 1 heterocycles. The summed E-state index contributed by atoms with van der Waals surface area (Å²) in [5.41, 5.74) is 1.14. The molecule has 2 fully saturated rings. The van der Waals surface area contributed by atoms with Gasteiger partial charge in [-0.05, 0) is 37.2 Å². The first-order chi connectivity index (χ1) is 10.7. The Kier molecular flexibility index (Phi) is 5.26. The predicted octanol–water partition coefficient (Wildman–Crippen LogP) is 2.18. The first kappa shape index (κ1) is 15.7. The monoisotopic (exact) mass is 321 g/mol. The van der Waals surface area contributed by atoms with Crippen LogP contribution in [-0.4, -0.2) is 34.3 Å². The topological polar surface area (TPSA) is 55.4 Å². The zero-order chi connectivity index (χ0) is 15.4. The number of rotatable bonds is 7. The molecule has 0 unspecified atom stereocenters. The lowest BCUT2D eigenvalue weighted by Crippen LogP contribution is -2.34. The van der Waals surface area contributed by atoms with Crippen LogP contribution >= 0.6 is 0 Å². The molecule has 22 heavy (non-hydrogen) atoms. The van der Waals surface area contributed by atoms with E-state index in [1.54, 1.807) is 0 Å². The third kappa shape index (κ3) is 4.40. The number of ether oxygens (including phenoxy) is 1. The van der Waals surface area contributed by atoms with Gasteiger partial charge in [0, 0.05) is 17.4 Å². The van der Waals surface area contributed by atoms with Crippen molar-refractivity contribution in [1.82, 2.24) is 5.32 Å². The van der Waals surface area contributed by atoms with Crippen LogP contribution in [0.5, 0.6) is 0 Å². The molecule has 2 aliphatic rings. The number of amides is 1. The van der Waals surface area contributed by atoms with Gasteiger partial charge in [0.15, 0.2) is 0 Å². The molecule has 1 saturated heterocycles. The van der Waals surface area contributed by atoms with Gasteiger partial charge >= 0.3 is 0 Å². The summed E-state index contributed by atoms with van der Waals surface area (Å²) in [4.78, 5) is 12.2. The summed E-state index contributed by atoms with van der Waals surface area (Å²) in [5.74, 6) is 0.970. The Morgan fingerprint density at radius 1 is 1.27 bits per heavy atom. The zero-order valence-electron chi connectivity index (χ0n) is 12.7. The third-order valence-corrected chi connectivity index (χ3v) is 5.58. The standard InChI is InChI=1S/C17H23NO3S/c19-16(12-22(20)11-15-7-4-10-21-15)18-17(14-8-9-14)13-5-2-1-3-6-13/h1-3,5-6,14-15,17H,4,7-12H2,(H,18,19)/t15-,17-,22-/m1/s1. The van der Waals surface area contributed by atoms with Crippen molar-refractivity contribution in [2.24, 2.45) is 5.92 Å². The summed E-state index contributed by atoms with van der Waals surface area (Å²) in [5, 5.41) is 3.08. The van der Waals surface area contributed by atoms with E-state index in [4.69, 9.17) is 4.74 Å². The lowest BCUT2D eigenvalue weighted by atomic mass is 10.0. The fourth-order valence-corrected chi connectivity index (χ4v) is 4.14. The molecule has 1 aliphatic heterocycles. The molecule has 1 amide bonds. The highest BCUT2D eigenvalue weighted by atomic mass is 32.2. The first-order valence-electron chi connectivity index (χ1n) is 8.03. The minimum atomic E-state index is -1.14. The van der Waals surface area contributed by atoms with Gasteiger partial charge in [-0.25, -0.2) is 0 Å². The fraction of sp³-hybridized carbons (Fsp3) is 0.588. The molecule has 0 radical (unpaired) electrons. The van der Waals surface area contributed by atoms with Crippen LogP contribution in [0.15, 0.2) is 30.3 Å². The molecule has 5 heteroatoms. The van der Waals surface area contributed by atoms with Crippen LogP contribution in [0.4, 0.5) is 0 Å². The predicted molar refractivity (Wildman–Crippen MR) is 86.9 cm³/mol. The molecule has 1 saturated carbocycles. The number of hydrogen-bond acceptors (Lipinski definition) is 3. The highest BCUT2D eigenvalue weighted by Gasteiger charge is 2.33. The summed E-state index contributed by atoms with van der Waals surface area (Å²) >= 11 is 0. The summed E-state index contributed by atoms with van der Waals surface area (Å²) in [7, 11) is -1.14. The second-order valence-electron chi connectivity index (χ2n) is 6.18. The average Bonchev–Trinajstić information content (AvgIpc) is 3.23. The average molecular weight is 321 g/mol. The van der Waals surface area contributed by atoms with Gasteiger partial charge in [-0.2, -0.15) is 0 Å². The van der Waals surface area contributed by atoms with Gasteiger partial charge in [-0.3, -0.25) is 9.00 Å². The van der Waals surface area contributed by atoms with E-state index in [1.807, 2.05) is 30.3 Å². The molecule has 1 aromatic carbocycles. The molecule has 3 rings (SSSR count). The van der Waals surface area contributed by atoms with E-state index in [0.717, 1.165) is 37.9 Å². The molecule has 1 aromatic rings. The van der Waals surface area contributed by atoms with Crippen LogP contribution < -0.4 is 5.32 Å². The maximum absolute atomic E-state index is 12.2. The zero-order valence-corrected chi connectivity index (χ0v) is 13.5.